The van der Waals surface area contributed by atoms with Crippen molar-refractivity contribution in [2.24, 2.45) is 0 Å². The van der Waals surface area contributed by atoms with Crippen LogP contribution in [0, 0.1) is 0 Å². The van der Waals surface area contributed by atoms with Crippen molar-refractivity contribution in [3.05, 3.63) is 6.33 Å². The second-order valence-corrected chi connectivity index (χ2v) is 5.31. The molecule has 0 fully saturated rings. The Morgan fingerprint density at radius 1 is 1.32 bits per heavy atom. The highest BCUT2D eigenvalue weighted by Gasteiger charge is 2.21. The second kappa shape index (κ2) is 5.00. The van der Waals surface area contributed by atoms with Crippen LogP contribution in [0.5, 0.6) is 0 Å². The lowest BCUT2D eigenvalue weighted by atomic mass is 10.0. The number of hydrogen-bond acceptors (Lipinski definition) is 6. The van der Waals surface area contributed by atoms with Crippen LogP contribution in [0.25, 0.3) is 11.2 Å². The first-order valence-corrected chi connectivity index (χ1v) is 6.24. The molecule has 0 spiro atoms. The van der Waals surface area contributed by atoms with Crippen molar-refractivity contribution in [2.75, 3.05) is 38.3 Å². The first-order valence-electron chi connectivity index (χ1n) is 6.24. The molecule has 0 radical (unpaired) electrons. The smallest absolute Gasteiger partial charge is 0.226 e. The standard InChI is InChI=1S/C12H21N7/c1-12(2,19(4)5)6-14-9-8-10(16-7-15-8)18-11(13-3)17-9/h7H,6H2,1-5H3,(H3,13,14,15,16,17,18). The van der Waals surface area contributed by atoms with E-state index in [-0.39, 0.29) is 5.54 Å². The molecule has 0 saturated heterocycles. The van der Waals surface area contributed by atoms with Gasteiger partial charge in [0.1, 0.15) is 5.52 Å². The summed E-state index contributed by atoms with van der Waals surface area (Å²) in [6.07, 6.45) is 1.63. The third-order valence-corrected chi connectivity index (χ3v) is 3.41. The SMILES string of the molecule is CNc1nc(NCC(C)(C)N(C)C)c2[nH]cnc2n1. The monoisotopic (exact) mass is 263 g/mol. The van der Waals surface area contributed by atoms with Crippen LogP contribution in [0.3, 0.4) is 0 Å². The molecule has 0 aliphatic rings. The van der Waals surface area contributed by atoms with Gasteiger partial charge in [0.15, 0.2) is 11.5 Å². The van der Waals surface area contributed by atoms with Crippen LogP contribution >= 0.6 is 0 Å². The molecule has 19 heavy (non-hydrogen) atoms. The number of hydrogen-bond donors (Lipinski definition) is 3. The molecule has 2 rings (SSSR count). The van der Waals surface area contributed by atoms with Crippen LogP contribution in [0.1, 0.15) is 13.8 Å². The van der Waals surface area contributed by atoms with Gasteiger partial charge in [-0.15, -0.1) is 0 Å². The molecule has 2 aromatic rings. The second-order valence-electron chi connectivity index (χ2n) is 5.31. The van der Waals surface area contributed by atoms with Gasteiger partial charge in [0.25, 0.3) is 0 Å². The molecule has 0 saturated carbocycles. The highest BCUT2D eigenvalue weighted by Crippen LogP contribution is 2.20. The Balaban J connectivity index is 2.27. The minimum atomic E-state index is 0.0249. The molecule has 104 valence electrons. The zero-order valence-electron chi connectivity index (χ0n) is 12.1. The number of likely N-dealkylation sites (N-methyl/N-ethyl adjacent to an activating group) is 1. The van der Waals surface area contributed by atoms with Gasteiger partial charge >= 0.3 is 0 Å². The normalized spacial score (nSPS) is 12.1. The maximum atomic E-state index is 4.43. The van der Waals surface area contributed by atoms with E-state index < -0.39 is 0 Å². The van der Waals surface area contributed by atoms with Gasteiger partial charge in [-0.3, -0.25) is 0 Å². The van der Waals surface area contributed by atoms with E-state index in [9.17, 15) is 0 Å². The number of aromatic amines is 1. The Morgan fingerprint density at radius 2 is 2.05 bits per heavy atom. The van der Waals surface area contributed by atoms with E-state index >= 15 is 0 Å². The summed E-state index contributed by atoms with van der Waals surface area (Å²) in [5, 5.41) is 6.31. The number of aromatic nitrogens is 4. The average Bonchev–Trinajstić information content (AvgIpc) is 2.83. The Bertz CT molecular complexity index is 558. The van der Waals surface area contributed by atoms with Crippen LogP contribution in [-0.4, -0.2) is 58.1 Å². The van der Waals surface area contributed by atoms with Crippen molar-refractivity contribution < 1.29 is 0 Å². The minimum absolute atomic E-state index is 0.0249. The first kappa shape index (κ1) is 13.5. The van der Waals surface area contributed by atoms with Crippen molar-refractivity contribution in [1.82, 2.24) is 24.8 Å². The molecular weight excluding hydrogens is 242 g/mol. The fourth-order valence-corrected chi connectivity index (χ4v) is 1.53. The molecule has 0 bridgehead atoms. The number of nitrogens with one attached hydrogen (secondary N) is 3. The predicted molar refractivity (Wildman–Crippen MR) is 77.5 cm³/mol. The van der Waals surface area contributed by atoms with Crippen LogP contribution in [0.2, 0.25) is 0 Å². The number of nitrogens with zero attached hydrogens (tertiary/aromatic N) is 4. The molecule has 7 nitrogen and oxygen atoms in total. The molecule has 0 aliphatic carbocycles. The molecule has 7 heteroatoms. The fourth-order valence-electron chi connectivity index (χ4n) is 1.53. The zero-order chi connectivity index (χ0) is 14.0. The van der Waals surface area contributed by atoms with E-state index in [1.165, 1.54) is 0 Å². The Morgan fingerprint density at radius 3 is 2.68 bits per heavy atom. The maximum Gasteiger partial charge on any atom is 0.226 e. The summed E-state index contributed by atoms with van der Waals surface area (Å²) in [5.41, 5.74) is 1.51. The Kier molecular flexibility index (Phi) is 3.57. The van der Waals surface area contributed by atoms with Gasteiger partial charge in [0.05, 0.1) is 6.33 Å². The highest BCUT2D eigenvalue weighted by atomic mass is 15.2. The lowest BCUT2D eigenvalue weighted by Crippen LogP contribution is -2.44. The minimum Gasteiger partial charge on any atom is -0.366 e. The summed E-state index contributed by atoms with van der Waals surface area (Å²) in [7, 11) is 5.92. The van der Waals surface area contributed by atoms with E-state index in [0.717, 1.165) is 17.9 Å². The van der Waals surface area contributed by atoms with Crippen LogP contribution in [0.15, 0.2) is 6.33 Å². The van der Waals surface area contributed by atoms with Crippen molar-refractivity contribution in [1.29, 1.82) is 0 Å². The van der Waals surface area contributed by atoms with Gasteiger partial charge in [0.2, 0.25) is 5.95 Å². The van der Waals surface area contributed by atoms with Crippen molar-refractivity contribution in [2.45, 2.75) is 19.4 Å². The molecule has 0 unspecified atom stereocenters. The first-order chi connectivity index (χ1) is 8.94. The number of H-pyrrole nitrogens is 1. The molecule has 0 aromatic carbocycles. The van der Waals surface area contributed by atoms with Crippen LogP contribution < -0.4 is 10.6 Å². The molecule has 2 aromatic heterocycles. The zero-order valence-corrected chi connectivity index (χ0v) is 12.1. The average molecular weight is 263 g/mol. The van der Waals surface area contributed by atoms with Gasteiger partial charge in [-0.05, 0) is 27.9 Å². The topological polar surface area (TPSA) is 81.8 Å². The van der Waals surface area contributed by atoms with E-state index in [0.29, 0.717) is 11.6 Å². The Labute approximate surface area is 112 Å². The maximum absolute atomic E-state index is 4.43. The van der Waals surface area contributed by atoms with Gasteiger partial charge < -0.3 is 20.5 Å². The third-order valence-electron chi connectivity index (χ3n) is 3.41. The summed E-state index contributed by atoms with van der Waals surface area (Å²) >= 11 is 0. The van der Waals surface area contributed by atoms with E-state index in [2.05, 4.69) is 63.4 Å². The van der Waals surface area contributed by atoms with E-state index in [1.807, 2.05) is 0 Å². The molecule has 2 heterocycles. The summed E-state index contributed by atoms with van der Waals surface area (Å²) in [6, 6.07) is 0. The summed E-state index contributed by atoms with van der Waals surface area (Å²) < 4.78 is 0. The quantitative estimate of drug-likeness (QED) is 0.750. The lowest BCUT2D eigenvalue weighted by Gasteiger charge is -2.32. The molecule has 0 amide bonds. The Hall–Kier alpha value is -1.89. The van der Waals surface area contributed by atoms with Gasteiger partial charge in [-0.25, -0.2) is 4.98 Å². The molecule has 3 N–H and O–H groups in total. The van der Waals surface area contributed by atoms with Crippen molar-refractivity contribution >= 4 is 22.9 Å². The summed E-state index contributed by atoms with van der Waals surface area (Å²) in [4.78, 5) is 18.1. The number of fused-ring (bicyclic) bond motifs is 1. The van der Waals surface area contributed by atoms with E-state index in [1.54, 1.807) is 13.4 Å². The largest absolute Gasteiger partial charge is 0.366 e. The van der Waals surface area contributed by atoms with Gasteiger partial charge in [0, 0.05) is 19.1 Å². The number of anilines is 2. The molecule has 0 atom stereocenters. The highest BCUT2D eigenvalue weighted by molar-refractivity contribution is 5.83. The van der Waals surface area contributed by atoms with Crippen LogP contribution in [0.4, 0.5) is 11.8 Å². The van der Waals surface area contributed by atoms with Gasteiger partial charge in [-0.2, -0.15) is 9.97 Å². The van der Waals surface area contributed by atoms with Crippen molar-refractivity contribution in [3.63, 3.8) is 0 Å². The third kappa shape index (κ3) is 2.76. The number of rotatable bonds is 5. The predicted octanol–water partition coefficient (Wildman–Crippen LogP) is 1.15. The number of imidazole rings is 1. The lowest BCUT2D eigenvalue weighted by molar-refractivity contribution is 0.210. The molecule has 0 aliphatic heterocycles. The summed E-state index contributed by atoms with van der Waals surface area (Å²) in [6.45, 7) is 5.11. The van der Waals surface area contributed by atoms with Crippen LogP contribution in [-0.2, 0) is 0 Å². The fraction of sp³-hybridized carbons (Fsp3) is 0.583. The van der Waals surface area contributed by atoms with Gasteiger partial charge in [-0.1, -0.05) is 0 Å². The van der Waals surface area contributed by atoms with Crippen molar-refractivity contribution in [3.8, 4) is 0 Å². The summed E-state index contributed by atoms with van der Waals surface area (Å²) in [5.74, 6) is 1.33. The molecular formula is C12H21N7. The van der Waals surface area contributed by atoms with E-state index in [4.69, 9.17) is 0 Å².